The zero-order valence-corrected chi connectivity index (χ0v) is 14.3. The number of benzene rings is 3. The molecule has 0 fully saturated rings. The summed E-state index contributed by atoms with van der Waals surface area (Å²) < 4.78 is 4.83. The highest BCUT2D eigenvalue weighted by atomic mass is 16.6. The van der Waals surface area contributed by atoms with Crippen molar-refractivity contribution in [1.29, 1.82) is 0 Å². The Morgan fingerprint density at radius 2 is 1.56 bits per heavy atom. The van der Waals surface area contributed by atoms with Gasteiger partial charge in [-0.2, -0.15) is 0 Å². The van der Waals surface area contributed by atoms with Gasteiger partial charge >= 0.3 is 5.97 Å². The Morgan fingerprint density at radius 1 is 0.880 bits per heavy atom. The van der Waals surface area contributed by atoms with Crippen LogP contribution in [0.4, 0.5) is 0 Å². The molecule has 3 aromatic rings. The third-order valence-corrected chi connectivity index (χ3v) is 4.38. The zero-order valence-electron chi connectivity index (χ0n) is 14.3. The summed E-state index contributed by atoms with van der Waals surface area (Å²) in [5.41, 5.74) is 6.63. The van der Waals surface area contributed by atoms with E-state index in [0.29, 0.717) is 5.56 Å². The Bertz CT molecular complexity index is 898. The van der Waals surface area contributed by atoms with Crippen molar-refractivity contribution < 1.29 is 14.6 Å². The Hall–Kier alpha value is -2.91. The van der Waals surface area contributed by atoms with Crippen LogP contribution < -0.4 is 0 Å². The van der Waals surface area contributed by atoms with Crippen molar-refractivity contribution in [1.82, 2.24) is 0 Å². The van der Waals surface area contributed by atoms with Gasteiger partial charge in [0.1, 0.15) is 0 Å². The molecule has 3 heteroatoms. The summed E-state index contributed by atoms with van der Waals surface area (Å²) in [5.74, 6) is -0.527. The average molecular weight is 332 g/mol. The molecule has 0 saturated heterocycles. The summed E-state index contributed by atoms with van der Waals surface area (Å²) in [6.45, 7) is 3.45. The van der Waals surface area contributed by atoms with Crippen molar-refractivity contribution in [3.05, 3.63) is 83.4 Å². The monoisotopic (exact) mass is 332 g/mol. The first kappa shape index (κ1) is 16.9. The fourth-order valence-electron chi connectivity index (χ4n) is 3.16. The molecule has 0 unspecified atom stereocenters. The highest BCUT2D eigenvalue weighted by molar-refractivity contribution is 6.00. The van der Waals surface area contributed by atoms with E-state index in [-0.39, 0.29) is 0 Å². The quantitative estimate of drug-likeness (QED) is 0.554. The molecular weight excluding hydrogens is 312 g/mol. The van der Waals surface area contributed by atoms with Gasteiger partial charge in [-0.25, -0.2) is 4.79 Å². The number of hydrogen-bond acceptors (Lipinski definition) is 3. The molecule has 3 nitrogen and oxygen atoms in total. The third kappa shape index (κ3) is 3.32. The number of ether oxygens (including phenoxy) is 1. The van der Waals surface area contributed by atoms with Crippen LogP contribution in [0.5, 0.6) is 0 Å². The van der Waals surface area contributed by atoms with Crippen molar-refractivity contribution in [3.8, 4) is 22.3 Å². The van der Waals surface area contributed by atoms with Crippen molar-refractivity contribution in [2.24, 2.45) is 0 Å². The number of rotatable bonds is 4. The molecule has 0 aliphatic rings. The van der Waals surface area contributed by atoms with Crippen LogP contribution in [0, 0.1) is 13.8 Å². The first-order chi connectivity index (χ1) is 12.1. The number of hydrogen-bond donors (Lipinski definition) is 1. The molecule has 0 aliphatic carbocycles. The second kappa shape index (κ2) is 7.32. The smallest absolute Gasteiger partial charge is 0.340 e. The molecule has 0 amide bonds. The van der Waals surface area contributed by atoms with Crippen LogP contribution in [-0.4, -0.2) is 17.9 Å². The summed E-state index contributed by atoms with van der Waals surface area (Å²) in [6.07, 6.45) is 0. The highest BCUT2D eigenvalue weighted by Gasteiger charge is 2.19. The number of aryl methyl sites for hydroxylation is 1. The van der Waals surface area contributed by atoms with Gasteiger partial charge in [0, 0.05) is 0 Å². The van der Waals surface area contributed by atoms with Crippen LogP contribution in [-0.2, 0) is 4.74 Å². The first-order valence-electron chi connectivity index (χ1n) is 8.16. The zero-order chi connectivity index (χ0) is 17.8. The fourth-order valence-corrected chi connectivity index (χ4v) is 3.16. The Labute approximate surface area is 147 Å². The van der Waals surface area contributed by atoms with Crippen LogP contribution in [0.3, 0.4) is 0 Å². The van der Waals surface area contributed by atoms with E-state index >= 15 is 0 Å². The minimum absolute atomic E-state index is 0.454. The number of aliphatic hydroxyl groups excluding tert-OH is 1. The van der Waals surface area contributed by atoms with E-state index in [2.05, 4.69) is 19.1 Å². The standard InChI is InChI=1S/C22H20O3/c1-15-8-6-7-11-18(15)19-12-13-20(22(24)25-14-23)21(16(19)2)17-9-4-3-5-10-17/h3-13,23H,14H2,1-2H3. The minimum atomic E-state index is -0.633. The predicted octanol–water partition coefficient (Wildman–Crippen LogP) is 4.74. The van der Waals surface area contributed by atoms with Crippen molar-refractivity contribution >= 4 is 5.97 Å². The second-order valence-corrected chi connectivity index (χ2v) is 5.90. The molecule has 25 heavy (non-hydrogen) atoms. The average Bonchev–Trinajstić information content (AvgIpc) is 2.63. The number of esters is 1. The molecule has 0 aromatic heterocycles. The Kier molecular flexibility index (Phi) is 4.96. The van der Waals surface area contributed by atoms with E-state index in [4.69, 9.17) is 9.84 Å². The van der Waals surface area contributed by atoms with E-state index in [1.807, 2.05) is 55.5 Å². The number of carbonyl (C=O) groups excluding carboxylic acids is 1. The molecule has 0 atom stereocenters. The van der Waals surface area contributed by atoms with Gasteiger partial charge in [0.15, 0.2) is 6.79 Å². The highest BCUT2D eigenvalue weighted by Crippen LogP contribution is 2.36. The molecule has 0 bridgehead atoms. The van der Waals surface area contributed by atoms with Crippen molar-refractivity contribution in [2.75, 3.05) is 6.79 Å². The fraction of sp³-hybridized carbons (Fsp3) is 0.136. The molecule has 0 heterocycles. The van der Waals surface area contributed by atoms with Crippen LogP contribution in [0.25, 0.3) is 22.3 Å². The second-order valence-electron chi connectivity index (χ2n) is 5.90. The summed E-state index contributed by atoms with van der Waals surface area (Å²) in [7, 11) is 0. The van der Waals surface area contributed by atoms with Gasteiger partial charge in [-0.05, 0) is 53.3 Å². The maximum absolute atomic E-state index is 12.3. The van der Waals surface area contributed by atoms with Gasteiger partial charge in [-0.15, -0.1) is 0 Å². The lowest BCUT2D eigenvalue weighted by Gasteiger charge is -2.17. The van der Waals surface area contributed by atoms with E-state index in [1.165, 1.54) is 5.56 Å². The molecule has 0 saturated carbocycles. The van der Waals surface area contributed by atoms with Gasteiger partial charge in [-0.1, -0.05) is 60.7 Å². The summed E-state index contributed by atoms with van der Waals surface area (Å²) >= 11 is 0. The summed E-state index contributed by atoms with van der Waals surface area (Å²) in [5, 5.41) is 8.95. The lowest BCUT2D eigenvalue weighted by Crippen LogP contribution is -2.09. The Balaban J connectivity index is 2.26. The molecule has 126 valence electrons. The van der Waals surface area contributed by atoms with Gasteiger partial charge in [0.05, 0.1) is 5.56 Å². The van der Waals surface area contributed by atoms with E-state index in [9.17, 15) is 4.79 Å². The topological polar surface area (TPSA) is 46.5 Å². The molecule has 3 aromatic carbocycles. The molecule has 3 rings (SSSR count). The maximum Gasteiger partial charge on any atom is 0.340 e. The number of carbonyl (C=O) groups is 1. The van der Waals surface area contributed by atoms with E-state index < -0.39 is 12.8 Å². The van der Waals surface area contributed by atoms with Gasteiger partial charge in [0.25, 0.3) is 0 Å². The normalized spacial score (nSPS) is 10.5. The third-order valence-electron chi connectivity index (χ3n) is 4.38. The summed E-state index contributed by atoms with van der Waals surface area (Å²) in [4.78, 5) is 12.3. The van der Waals surface area contributed by atoms with Gasteiger partial charge in [0.2, 0.25) is 0 Å². The SMILES string of the molecule is Cc1ccccc1-c1ccc(C(=O)OCO)c(-c2ccccc2)c1C. The molecule has 1 N–H and O–H groups in total. The maximum atomic E-state index is 12.3. The lowest BCUT2D eigenvalue weighted by molar-refractivity contribution is 0.00691. The largest absolute Gasteiger partial charge is 0.435 e. The molecular formula is C22H20O3. The molecule has 0 radical (unpaired) electrons. The predicted molar refractivity (Wildman–Crippen MR) is 99.3 cm³/mol. The van der Waals surface area contributed by atoms with Crippen LogP contribution >= 0.6 is 0 Å². The first-order valence-corrected chi connectivity index (χ1v) is 8.16. The number of aliphatic hydroxyl groups is 1. The van der Waals surface area contributed by atoms with E-state index in [0.717, 1.165) is 27.8 Å². The van der Waals surface area contributed by atoms with Crippen molar-refractivity contribution in [2.45, 2.75) is 13.8 Å². The van der Waals surface area contributed by atoms with Crippen molar-refractivity contribution in [3.63, 3.8) is 0 Å². The molecule has 0 aliphatic heterocycles. The van der Waals surface area contributed by atoms with Gasteiger partial charge < -0.3 is 9.84 Å². The van der Waals surface area contributed by atoms with Crippen LogP contribution in [0.2, 0.25) is 0 Å². The minimum Gasteiger partial charge on any atom is -0.435 e. The van der Waals surface area contributed by atoms with Gasteiger partial charge in [-0.3, -0.25) is 0 Å². The lowest BCUT2D eigenvalue weighted by atomic mass is 9.88. The van der Waals surface area contributed by atoms with Crippen LogP contribution in [0.1, 0.15) is 21.5 Å². The summed E-state index contributed by atoms with van der Waals surface area (Å²) in [6, 6.07) is 21.7. The van der Waals surface area contributed by atoms with E-state index in [1.54, 1.807) is 6.07 Å². The molecule has 0 spiro atoms. The Morgan fingerprint density at radius 3 is 2.24 bits per heavy atom. The van der Waals surface area contributed by atoms with Crippen LogP contribution in [0.15, 0.2) is 66.7 Å².